The summed E-state index contributed by atoms with van der Waals surface area (Å²) in [5, 5.41) is 5.14. The van der Waals surface area contributed by atoms with Crippen LogP contribution in [-0.2, 0) is 9.59 Å². The number of nitrogens with one attached hydrogen (secondary N) is 2. The number of anilines is 1. The molecule has 1 aliphatic heterocycles. The van der Waals surface area contributed by atoms with Crippen molar-refractivity contribution in [2.45, 2.75) is 25.3 Å². The minimum atomic E-state index is -2.87. The molecule has 0 saturated carbocycles. The molecule has 120 valence electrons. The molecule has 0 aromatic heterocycles. The second-order valence-electron chi connectivity index (χ2n) is 5.60. The van der Waals surface area contributed by atoms with Crippen LogP contribution in [0.15, 0.2) is 24.3 Å². The van der Waals surface area contributed by atoms with Gasteiger partial charge in [0.15, 0.2) is 0 Å². The second kappa shape index (κ2) is 6.39. The fourth-order valence-corrected chi connectivity index (χ4v) is 2.29. The number of halogens is 2. The van der Waals surface area contributed by atoms with Crippen LogP contribution < -0.4 is 10.6 Å². The molecule has 1 saturated heterocycles. The summed E-state index contributed by atoms with van der Waals surface area (Å²) < 4.78 is 26.2. The highest BCUT2D eigenvalue weighted by Crippen LogP contribution is 2.25. The van der Waals surface area contributed by atoms with Crippen LogP contribution in [0.25, 0.3) is 0 Å². The molecule has 2 amide bonds. The average Bonchev–Trinajstić information content (AvgIpc) is 2.80. The number of alkyl halides is 2. The minimum Gasteiger partial charge on any atom is -0.335 e. The number of likely N-dealkylation sites (N-methyl/N-ethyl adjacent to an activating group) is 1. The Hall–Kier alpha value is -2.02. The number of carbonyl (C=O) groups is 2. The maximum absolute atomic E-state index is 13.1. The number of aryl methyl sites for hydroxylation is 1. The molecule has 1 aliphatic rings. The lowest BCUT2D eigenvalue weighted by molar-refractivity contribution is -0.135. The van der Waals surface area contributed by atoms with Gasteiger partial charge in [-0.05, 0) is 19.1 Å². The Bertz CT molecular complexity index is 560. The third kappa shape index (κ3) is 4.24. The molecule has 5 nitrogen and oxygen atoms in total. The van der Waals surface area contributed by atoms with E-state index in [0.29, 0.717) is 5.69 Å². The fraction of sp³-hybridized carbons (Fsp3) is 0.467. The van der Waals surface area contributed by atoms with Crippen molar-refractivity contribution < 1.29 is 18.4 Å². The molecule has 7 heteroatoms. The molecule has 1 heterocycles. The van der Waals surface area contributed by atoms with Gasteiger partial charge in [-0.2, -0.15) is 0 Å². The zero-order valence-corrected chi connectivity index (χ0v) is 12.5. The first kappa shape index (κ1) is 16.4. The summed E-state index contributed by atoms with van der Waals surface area (Å²) in [7, 11) is 1.43. The third-order valence-corrected chi connectivity index (χ3v) is 3.50. The second-order valence-corrected chi connectivity index (χ2v) is 5.60. The van der Waals surface area contributed by atoms with E-state index in [4.69, 9.17) is 0 Å². The largest absolute Gasteiger partial charge is 0.335 e. The van der Waals surface area contributed by atoms with Gasteiger partial charge >= 0.3 is 0 Å². The Kier molecular flexibility index (Phi) is 4.75. The highest BCUT2D eigenvalue weighted by Gasteiger charge is 2.43. The summed E-state index contributed by atoms with van der Waals surface area (Å²) in [6, 6.07) is 6.29. The molecule has 1 fully saturated rings. The van der Waals surface area contributed by atoms with Gasteiger partial charge in [0.2, 0.25) is 11.8 Å². The van der Waals surface area contributed by atoms with E-state index in [1.54, 1.807) is 12.1 Å². The fourth-order valence-electron chi connectivity index (χ4n) is 2.29. The van der Waals surface area contributed by atoms with Crippen LogP contribution in [0.3, 0.4) is 0 Å². The van der Waals surface area contributed by atoms with Gasteiger partial charge in [-0.25, -0.2) is 8.78 Å². The van der Waals surface area contributed by atoms with Crippen molar-refractivity contribution in [2.24, 2.45) is 0 Å². The van der Waals surface area contributed by atoms with E-state index in [2.05, 4.69) is 10.6 Å². The molecule has 1 aromatic carbocycles. The summed E-state index contributed by atoms with van der Waals surface area (Å²) in [5.41, 5.74) is 1.69. The number of carbonyl (C=O) groups excluding carboxylic acids is 2. The number of rotatable bonds is 4. The maximum atomic E-state index is 13.1. The zero-order valence-electron chi connectivity index (χ0n) is 12.5. The lowest BCUT2D eigenvalue weighted by atomic mass is 10.1. The predicted octanol–water partition coefficient (Wildman–Crippen LogP) is 1.39. The summed E-state index contributed by atoms with van der Waals surface area (Å²) in [6.07, 6.45) is -0.532. The monoisotopic (exact) mass is 311 g/mol. The van der Waals surface area contributed by atoms with Gasteiger partial charge in [0, 0.05) is 19.2 Å². The van der Waals surface area contributed by atoms with Gasteiger partial charge in [0.05, 0.1) is 19.1 Å². The van der Waals surface area contributed by atoms with Crippen LogP contribution in [-0.4, -0.2) is 48.8 Å². The molecule has 0 aliphatic carbocycles. The van der Waals surface area contributed by atoms with Crippen LogP contribution in [0.1, 0.15) is 12.0 Å². The van der Waals surface area contributed by atoms with Gasteiger partial charge in [-0.15, -0.1) is 0 Å². The van der Waals surface area contributed by atoms with Crippen LogP contribution in [0.4, 0.5) is 14.5 Å². The van der Waals surface area contributed by atoms with E-state index in [0.717, 1.165) is 10.5 Å². The van der Waals surface area contributed by atoms with E-state index in [9.17, 15) is 18.4 Å². The molecule has 1 aromatic rings. The van der Waals surface area contributed by atoms with E-state index in [-0.39, 0.29) is 12.5 Å². The lowest BCUT2D eigenvalue weighted by Crippen LogP contribution is -2.44. The summed E-state index contributed by atoms with van der Waals surface area (Å²) in [4.78, 5) is 25.1. The quantitative estimate of drug-likeness (QED) is 0.883. The topological polar surface area (TPSA) is 61.4 Å². The zero-order chi connectivity index (χ0) is 16.3. The van der Waals surface area contributed by atoms with Crippen LogP contribution in [0, 0.1) is 6.92 Å². The molecule has 0 spiro atoms. The Labute approximate surface area is 127 Å². The Balaban J connectivity index is 1.85. The molecule has 0 bridgehead atoms. The number of benzene rings is 1. The highest BCUT2D eigenvalue weighted by molar-refractivity contribution is 5.95. The lowest BCUT2D eigenvalue weighted by Gasteiger charge is -2.20. The molecule has 0 radical (unpaired) electrons. The van der Waals surface area contributed by atoms with Crippen molar-refractivity contribution in [1.82, 2.24) is 10.2 Å². The van der Waals surface area contributed by atoms with Gasteiger partial charge in [-0.3, -0.25) is 14.9 Å². The van der Waals surface area contributed by atoms with E-state index in [1.807, 2.05) is 19.1 Å². The smallest absolute Gasteiger partial charge is 0.262 e. The third-order valence-electron chi connectivity index (χ3n) is 3.50. The van der Waals surface area contributed by atoms with Crippen molar-refractivity contribution >= 4 is 17.5 Å². The first-order valence-electron chi connectivity index (χ1n) is 6.99. The SMILES string of the molecule is Cc1ccc(NC(=O)CN(C)C(=O)C2CC(F)(F)CN2)cc1. The van der Waals surface area contributed by atoms with Crippen molar-refractivity contribution in [3.8, 4) is 0 Å². The highest BCUT2D eigenvalue weighted by atomic mass is 19.3. The molecular formula is C15H19F2N3O2. The maximum Gasteiger partial charge on any atom is 0.262 e. The van der Waals surface area contributed by atoms with E-state index >= 15 is 0 Å². The normalized spacial score (nSPS) is 19.7. The Morgan fingerprint density at radius 2 is 2.00 bits per heavy atom. The van der Waals surface area contributed by atoms with Crippen molar-refractivity contribution in [3.63, 3.8) is 0 Å². The van der Waals surface area contributed by atoms with Crippen molar-refractivity contribution in [1.29, 1.82) is 0 Å². The van der Waals surface area contributed by atoms with Crippen LogP contribution >= 0.6 is 0 Å². The van der Waals surface area contributed by atoms with Crippen LogP contribution in [0.2, 0.25) is 0 Å². The number of nitrogens with zero attached hydrogens (tertiary/aromatic N) is 1. The van der Waals surface area contributed by atoms with Gasteiger partial charge in [0.25, 0.3) is 5.92 Å². The van der Waals surface area contributed by atoms with Gasteiger partial charge in [0.1, 0.15) is 0 Å². The summed E-state index contributed by atoms with van der Waals surface area (Å²) in [5.74, 6) is -3.74. The molecule has 1 unspecified atom stereocenters. The molecule has 2 N–H and O–H groups in total. The van der Waals surface area contributed by atoms with E-state index < -0.39 is 30.8 Å². The Morgan fingerprint density at radius 1 is 1.36 bits per heavy atom. The molecular weight excluding hydrogens is 292 g/mol. The van der Waals surface area contributed by atoms with Crippen molar-refractivity contribution in [3.05, 3.63) is 29.8 Å². The Morgan fingerprint density at radius 3 is 2.55 bits per heavy atom. The number of hydrogen-bond donors (Lipinski definition) is 2. The summed E-state index contributed by atoms with van der Waals surface area (Å²) in [6.45, 7) is 1.24. The first-order valence-corrected chi connectivity index (χ1v) is 6.99. The summed E-state index contributed by atoms with van der Waals surface area (Å²) >= 11 is 0. The first-order chi connectivity index (χ1) is 10.3. The van der Waals surface area contributed by atoms with Gasteiger partial charge in [-0.1, -0.05) is 17.7 Å². The van der Waals surface area contributed by atoms with E-state index in [1.165, 1.54) is 7.05 Å². The number of hydrogen-bond acceptors (Lipinski definition) is 3. The number of amides is 2. The predicted molar refractivity (Wildman–Crippen MR) is 78.8 cm³/mol. The van der Waals surface area contributed by atoms with Crippen molar-refractivity contribution in [2.75, 3.05) is 25.5 Å². The average molecular weight is 311 g/mol. The van der Waals surface area contributed by atoms with Crippen LogP contribution in [0.5, 0.6) is 0 Å². The molecule has 22 heavy (non-hydrogen) atoms. The van der Waals surface area contributed by atoms with Gasteiger partial charge < -0.3 is 10.2 Å². The molecule has 1 atom stereocenters. The minimum absolute atomic E-state index is 0.184. The standard InChI is InChI=1S/C15H19F2N3O2/c1-10-3-5-11(6-4-10)19-13(21)8-20(2)14(22)12-7-15(16,17)9-18-12/h3-6,12,18H,7-9H2,1-2H3,(H,19,21). The molecule has 2 rings (SSSR count).